The lowest BCUT2D eigenvalue weighted by Crippen LogP contribution is -2.42. The van der Waals surface area contributed by atoms with E-state index in [0.717, 1.165) is 16.5 Å². The van der Waals surface area contributed by atoms with Gasteiger partial charge in [0.25, 0.3) is 0 Å². The fourth-order valence-corrected chi connectivity index (χ4v) is 3.46. The number of rotatable bonds is 9. The number of hydrogen-bond acceptors (Lipinski definition) is 3. The summed E-state index contributed by atoms with van der Waals surface area (Å²) in [7, 11) is 0. The minimum atomic E-state index is -1.08. The molecule has 0 bridgehead atoms. The van der Waals surface area contributed by atoms with Gasteiger partial charge in [0, 0.05) is 35.0 Å². The Hall–Kier alpha value is -2.70. The maximum atomic E-state index is 12.2. The molecule has 1 unspecified atom stereocenters. The highest BCUT2D eigenvalue weighted by molar-refractivity contribution is 6.35. The van der Waals surface area contributed by atoms with Crippen LogP contribution in [0.2, 0.25) is 10.0 Å². The van der Waals surface area contributed by atoms with Gasteiger partial charge in [0.2, 0.25) is 5.91 Å². The predicted octanol–water partition coefficient (Wildman–Crippen LogP) is 4.45. The van der Waals surface area contributed by atoms with Gasteiger partial charge in [-0.15, -0.1) is 0 Å². The van der Waals surface area contributed by atoms with E-state index in [9.17, 15) is 14.7 Å². The molecule has 3 rings (SSSR count). The van der Waals surface area contributed by atoms with Crippen molar-refractivity contribution in [1.29, 1.82) is 0 Å². The molecular formula is C21H20Cl2N2O4. The average Bonchev–Trinajstić information content (AvgIpc) is 3.09. The summed E-state index contributed by atoms with van der Waals surface area (Å²) in [5, 5.41) is 13.9. The van der Waals surface area contributed by atoms with Crippen LogP contribution in [0.15, 0.2) is 48.7 Å². The van der Waals surface area contributed by atoms with Crippen molar-refractivity contribution in [1.82, 2.24) is 10.3 Å². The largest absolute Gasteiger partial charge is 0.492 e. The second-order valence-electron chi connectivity index (χ2n) is 6.55. The molecule has 0 saturated carbocycles. The molecule has 152 valence electrons. The third kappa shape index (κ3) is 5.65. The minimum absolute atomic E-state index is 0.142. The zero-order chi connectivity index (χ0) is 20.8. The summed E-state index contributed by atoms with van der Waals surface area (Å²) in [5.41, 5.74) is 1.77. The van der Waals surface area contributed by atoms with E-state index >= 15 is 0 Å². The first-order valence-corrected chi connectivity index (χ1v) is 9.84. The third-order valence-electron chi connectivity index (χ3n) is 4.43. The number of carboxylic acid groups (broad SMARTS) is 1. The molecule has 1 heterocycles. The summed E-state index contributed by atoms with van der Waals surface area (Å²) in [6, 6.07) is 11.5. The number of carbonyl (C=O) groups excluding carboxylic acids is 1. The Bertz CT molecular complexity index is 1020. The van der Waals surface area contributed by atoms with Crippen molar-refractivity contribution in [2.45, 2.75) is 25.3 Å². The average molecular weight is 435 g/mol. The molecule has 0 aliphatic heterocycles. The van der Waals surface area contributed by atoms with Crippen LogP contribution < -0.4 is 10.1 Å². The summed E-state index contributed by atoms with van der Waals surface area (Å²) >= 11 is 11.9. The van der Waals surface area contributed by atoms with Crippen LogP contribution in [0.5, 0.6) is 5.75 Å². The highest BCUT2D eigenvalue weighted by Gasteiger charge is 2.21. The van der Waals surface area contributed by atoms with E-state index in [2.05, 4.69) is 10.3 Å². The van der Waals surface area contributed by atoms with Crippen LogP contribution in [0.4, 0.5) is 0 Å². The molecule has 0 spiro atoms. The monoisotopic (exact) mass is 434 g/mol. The van der Waals surface area contributed by atoms with E-state index in [4.69, 9.17) is 27.9 Å². The Morgan fingerprint density at radius 2 is 1.97 bits per heavy atom. The molecule has 0 saturated heterocycles. The number of para-hydroxylation sites is 1. The molecule has 0 fully saturated rings. The first-order valence-electron chi connectivity index (χ1n) is 9.09. The van der Waals surface area contributed by atoms with Gasteiger partial charge in [-0.2, -0.15) is 0 Å². The normalized spacial score (nSPS) is 11.9. The van der Waals surface area contributed by atoms with Gasteiger partial charge >= 0.3 is 5.97 Å². The van der Waals surface area contributed by atoms with E-state index < -0.39 is 12.0 Å². The van der Waals surface area contributed by atoms with Crippen LogP contribution in [0.25, 0.3) is 10.9 Å². The first-order chi connectivity index (χ1) is 13.9. The molecule has 0 aliphatic carbocycles. The molecule has 29 heavy (non-hydrogen) atoms. The van der Waals surface area contributed by atoms with E-state index in [1.165, 1.54) is 0 Å². The van der Waals surface area contributed by atoms with Gasteiger partial charge in [0.05, 0.1) is 11.6 Å². The zero-order valence-electron chi connectivity index (χ0n) is 15.5. The maximum absolute atomic E-state index is 12.2. The Balaban J connectivity index is 1.50. The van der Waals surface area contributed by atoms with Crippen LogP contribution >= 0.6 is 23.2 Å². The molecule has 0 radical (unpaired) electrons. The Kier molecular flexibility index (Phi) is 7.01. The van der Waals surface area contributed by atoms with Crippen molar-refractivity contribution in [3.05, 3.63) is 64.3 Å². The lowest BCUT2D eigenvalue weighted by Gasteiger charge is -2.14. The van der Waals surface area contributed by atoms with Gasteiger partial charge in [-0.25, -0.2) is 4.79 Å². The van der Waals surface area contributed by atoms with E-state index in [-0.39, 0.29) is 25.4 Å². The summed E-state index contributed by atoms with van der Waals surface area (Å²) in [5.74, 6) is -0.935. The number of H-pyrrole nitrogens is 1. The maximum Gasteiger partial charge on any atom is 0.326 e. The standard InChI is InChI=1S/C21H20Cl2N2O4/c22-14-7-8-19(16(23)11-14)29-9-3-6-20(26)25-18(21(27)28)10-13-12-24-17-5-2-1-4-15(13)17/h1-2,4-5,7-8,11-12,18,24H,3,6,9-10H2,(H,25,26)(H,27,28). The topological polar surface area (TPSA) is 91.4 Å². The SMILES string of the molecule is O=C(CCCOc1ccc(Cl)cc1Cl)NC(Cc1c[nH]c2ccccc12)C(=O)O. The summed E-state index contributed by atoms with van der Waals surface area (Å²) in [6.45, 7) is 0.273. The molecule has 6 nitrogen and oxygen atoms in total. The molecule has 1 amide bonds. The summed E-state index contributed by atoms with van der Waals surface area (Å²) in [4.78, 5) is 26.9. The van der Waals surface area contributed by atoms with Crippen LogP contribution in [0.3, 0.4) is 0 Å². The number of carboxylic acids is 1. The van der Waals surface area contributed by atoms with E-state index in [1.54, 1.807) is 24.4 Å². The number of fused-ring (bicyclic) bond motifs is 1. The quantitative estimate of drug-likeness (QED) is 0.434. The molecule has 3 N–H and O–H groups in total. The van der Waals surface area contributed by atoms with Crippen molar-refractivity contribution in [3.63, 3.8) is 0 Å². The van der Waals surface area contributed by atoms with Gasteiger partial charge in [0.15, 0.2) is 0 Å². The number of benzene rings is 2. The van der Waals surface area contributed by atoms with Crippen molar-refractivity contribution >= 4 is 46.0 Å². The number of ether oxygens (including phenoxy) is 1. The van der Waals surface area contributed by atoms with Crippen LogP contribution in [-0.4, -0.2) is 34.6 Å². The second kappa shape index (κ2) is 9.67. The molecule has 3 aromatic rings. The number of aliphatic carboxylic acids is 1. The highest BCUT2D eigenvalue weighted by Crippen LogP contribution is 2.27. The van der Waals surface area contributed by atoms with Crippen LogP contribution in [0.1, 0.15) is 18.4 Å². The molecule has 8 heteroatoms. The lowest BCUT2D eigenvalue weighted by atomic mass is 10.0. The molecular weight excluding hydrogens is 415 g/mol. The summed E-state index contributed by atoms with van der Waals surface area (Å²) < 4.78 is 5.54. The number of nitrogens with one attached hydrogen (secondary N) is 2. The number of halogens is 2. The van der Waals surface area contributed by atoms with Crippen molar-refractivity contribution < 1.29 is 19.4 Å². The Morgan fingerprint density at radius 1 is 1.17 bits per heavy atom. The molecule has 1 atom stereocenters. The van der Waals surface area contributed by atoms with Crippen LogP contribution in [-0.2, 0) is 16.0 Å². The number of aromatic nitrogens is 1. The smallest absolute Gasteiger partial charge is 0.326 e. The predicted molar refractivity (Wildman–Crippen MR) is 113 cm³/mol. The fraction of sp³-hybridized carbons (Fsp3) is 0.238. The van der Waals surface area contributed by atoms with E-state index in [1.807, 2.05) is 24.3 Å². The van der Waals surface area contributed by atoms with Gasteiger partial charge < -0.3 is 20.1 Å². The number of aromatic amines is 1. The molecule has 2 aromatic carbocycles. The number of hydrogen-bond donors (Lipinski definition) is 3. The van der Waals surface area contributed by atoms with Crippen LogP contribution in [0, 0.1) is 0 Å². The highest BCUT2D eigenvalue weighted by atomic mass is 35.5. The van der Waals surface area contributed by atoms with Gasteiger partial charge in [-0.3, -0.25) is 4.79 Å². The van der Waals surface area contributed by atoms with Gasteiger partial charge in [-0.05, 0) is 36.2 Å². The van der Waals surface area contributed by atoms with Crippen molar-refractivity contribution in [3.8, 4) is 5.75 Å². The number of carbonyl (C=O) groups is 2. The van der Waals surface area contributed by atoms with E-state index in [0.29, 0.717) is 22.2 Å². The third-order valence-corrected chi connectivity index (χ3v) is 4.96. The van der Waals surface area contributed by atoms with Gasteiger partial charge in [0.1, 0.15) is 11.8 Å². The molecule has 0 aliphatic rings. The summed E-state index contributed by atoms with van der Waals surface area (Å²) in [6.07, 6.45) is 2.53. The van der Waals surface area contributed by atoms with Crippen molar-refractivity contribution in [2.75, 3.05) is 6.61 Å². The molecule has 1 aromatic heterocycles. The Labute approximate surface area is 177 Å². The van der Waals surface area contributed by atoms with Gasteiger partial charge in [-0.1, -0.05) is 41.4 Å². The Morgan fingerprint density at radius 3 is 2.72 bits per heavy atom. The fourth-order valence-electron chi connectivity index (χ4n) is 2.99. The zero-order valence-corrected chi connectivity index (χ0v) is 17.0. The first kappa shape index (κ1) is 21.0. The number of amides is 1. The second-order valence-corrected chi connectivity index (χ2v) is 7.39. The minimum Gasteiger partial charge on any atom is -0.492 e. The lowest BCUT2D eigenvalue weighted by molar-refractivity contribution is -0.141. The van der Waals surface area contributed by atoms with Crippen molar-refractivity contribution in [2.24, 2.45) is 0 Å².